The molecule has 0 heterocycles. The van der Waals surface area contributed by atoms with Crippen molar-refractivity contribution in [1.29, 1.82) is 0 Å². The Labute approximate surface area is 99.4 Å². The second-order valence-electron chi connectivity index (χ2n) is 3.84. The number of carbonyl (C=O) groups is 1. The molecule has 0 fully saturated rings. The Morgan fingerprint density at radius 1 is 1.35 bits per heavy atom. The molecule has 0 amide bonds. The van der Waals surface area contributed by atoms with E-state index < -0.39 is 11.8 Å². The van der Waals surface area contributed by atoms with Gasteiger partial charge < -0.3 is 15.1 Å². The van der Waals surface area contributed by atoms with Crippen LogP contribution < -0.4 is 16.4 Å². The third-order valence-corrected chi connectivity index (χ3v) is 2.52. The number of benzene rings is 1. The quantitative estimate of drug-likeness (QED) is 0.548. The summed E-state index contributed by atoms with van der Waals surface area (Å²) in [5.74, 6) is -2.16. The van der Waals surface area contributed by atoms with E-state index in [1.807, 2.05) is 0 Å². The Kier molecular flexibility index (Phi) is 3.93. The second kappa shape index (κ2) is 5.03. The lowest BCUT2D eigenvalue weighted by Crippen LogP contribution is -2.64. The maximum absolute atomic E-state index is 10.8. The number of nitrogens with two attached hydrogens (primary N) is 2. The van der Waals surface area contributed by atoms with Gasteiger partial charge in [0.25, 0.3) is 0 Å². The molecule has 0 saturated heterocycles. The number of phenolic OH excluding ortho intramolecular Hbond substituents is 1. The molecule has 0 aliphatic carbocycles. The van der Waals surface area contributed by atoms with Crippen LogP contribution >= 0.6 is 0 Å². The monoisotopic (exact) mass is 239 g/mol. The first-order valence-corrected chi connectivity index (χ1v) is 5.23. The van der Waals surface area contributed by atoms with Crippen molar-refractivity contribution in [1.82, 2.24) is 0 Å². The molecule has 1 aromatic rings. The zero-order valence-corrected chi connectivity index (χ0v) is 9.63. The normalized spacial score (nSPS) is 11.2. The van der Waals surface area contributed by atoms with Crippen molar-refractivity contribution in [3.63, 3.8) is 0 Å². The summed E-state index contributed by atoms with van der Waals surface area (Å²) in [5.41, 5.74) is 12.3. The SMILES string of the molecule is CCC(N)(N)N(CC(=O)O)c1ccc(O)cc1. The molecule has 17 heavy (non-hydrogen) atoms. The van der Waals surface area contributed by atoms with Crippen LogP contribution in [0.1, 0.15) is 13.3 Å². The van der Waals surface area contributed by atoms with Crippen LogP contribution in [-0.2, 0) is 4.79 Å². The van der Waals surface area contributed by atoms with Gasteiger partial charge in [-0.15, -0.1) is 0 Å². The van der Waals surface area contributed by atoms with E-state index >= 15 is 0 Å². The first-order valence-electron chi connectivity index (χ1n) is 5.23. The average molecular weight is 239 g/mol. The van der Waals surface area contributed by atoms with Gasteiger partial charge in [0.2, 0.25) is 0 Å². The summed E-state index contributed by atoms with van der Waals surface area (Å²) >= 11 is 0. The van der Waals surface area contributed by atoms with Gasteiger partial charge in [0.1, 0.15) is 18.1 Å². The van der Waals surface area contributed by atoms with Gasteiger partial charge in [-0.1, -0.05) is 6.92 Å². The number of anilines is 1. The van der Waals surface area contributed by atoms with E-state index in [-0.39, 0.29) is 12.3 Å². The highest BCUT2D eigenvalue weighted by molar-refractivity contribution is 5.74. The predicted molar refractivity (Wildman–Crippen MR) is 64.5 cm³/mol. The number of carboxylic acids is 1. The highest BCUT2D eigenvalue weighted by Gasteiger charge is 2.28. The van der Waals surface area contributed by atoms with Crippen LogP contribution in [0.2, 0.25) is 0 Å². The molecular formula is C11H17N3O3. The lowest BCUT2D eigenvalue weighted by molar-refractivity contribution is -0.135. The van der Waals surface area contributed by atoms with Gasteiger partial charge in [0.05, 0.1) is 0 Å². The third kappa shape index (κ3) is 3.33. The van der Waals surface area contributed by atoms with Crippen LogP contribution in [0.15, 0.2) is 24.3 Å². The molecule has 0 spiro atoms. The fourth-order valence-electron chi connectivity index (χ4n) is 1.44. The van der Waals surface area contributed by atoms with E-state index in [0.29, 0.717) is 12.1 Å². The first-order chi connectivity index (χ1) is 7.86. The summed E-state index contributed by atoms with van der Waals surface area (Å²) < 4.78 is 0. The molecule has 0 saturated carbocycles. The first kappa shape index (κ1) is 13.3. The van der Waals surface area contributed by atoms with Crippen LogP contribution in [0, 0.1) is 0 Å². The van der Waals surface area contributed by atoms with Crippen molar-refractivity contribution >= 4 is 11.7 Å². The molecular weight excluding hydrogens is 222 g/mol. The minimum atomic E-state index is -1.24. The van der Waals surface area contributed by atoms with Crippen LogP contribution in [0.5, 0.6) is 5.75 Å². The van der Waals surface area contributed by atoms with Crippen LogP contribution in [0.3, 0.4) is 0 Å². The summed E-state index contributed by atoms with van der Waals surface area (Å²) in [7, 11) is 0. The van der Waals surface area contributed by atoms with Gasteiger partial charge >= 0.3 is 5.97 Å². The topological polar surface area (TPSA) is 113 Å². The molecule has 6 nitrogen and oxygen atoms in total. The molecule has 94 valence electrons. The van der Waals surface area contributed by atoms with Gasteiger partial charge in [0.15, 0.2) is 0 Å². The zero-order chi connectivity index (χ0) is 13.1. The van der Waals surface area contributed by atoms with Crippen molar-refractivity contribution in [2.75, 3.05) is 11.4 Å². The maximum Gasteiger partial charge on any atom is 0.323 e. The molecule has 0 aliphatic rings. The number of rotatable bonds is 5. The van der Waals surface area contributed by atoms with Gasteiger partial charge in [-0.2, -0.15) is 0 Å². The Hall–Kier alpha value is -1.79. The van der Waals surface area contributed by atoms with Gasteiger partial charge in [0, 0.05) is 5.69 Å². The molecule has 6 N–H and O–H groups in total. The smallest absolute Gasteiger partial charge is 0.323 e. The molecule has 0 bridgehead atoms. The fourth-order valence-corrected chi connectivity index (χ4v) is 1.44. The lowest BCUT2D eigenvalue weighted by Gasteiger charge is -2.37. The summed E-state index contributed by atoms with van der Waals surface area (Å²) in [6.45, 7) is 1.47. The Morgan fingerprint density at radius 3 is 2.29 bits per heavy atom. The number of hydrogen-bond acceptors (Lipinski definition) is 5. The van der Waals surface area contributed by atoms with E-state index in [2.05, 4.69) is 0 Å². The minimum Gasteiger partial charge on any atom is -0.508 e. The van der Waals surface area contributed by atoms with E-state index in [9.17, 15) is 9.90 Å². The van der Waals surface area contributed by atoms with Crippen molar-refractivity contribution in [3.8, 4) is 5.75 Å². The molecule has 1 rings (SSSR count). The largest absolute Gasteiger partial charge is 0.508 e. The molecule has 0 radical (unpaired) electrons. The van der Waals surface area contributed by atoms with Gasteiger partial charge in [-0.3, -0.25) is 16.3 Å². The van der Waals surface area contributed by atoms with E-state index in [1.165, 1.54) is 17.0 Å². The minimum absolute atomic E-state index is 0.0974. The molecule has 0 atom stereocenters. The Morgan fingerprint density at radius 2 is 1.88 bits per heavy atom. The molecule has 1 aromatic carbocycles. The number of aliphatic carboxylic acids is 1. The molecule has 0 aliphatic heterocycles. The average Bonchev–Trinajstić information content (AvgIpc) is 2.27. The number of hydrogen-bond donors (Lipinski definition) is 4. The van der Waals surface area contributed by atoms with Crippen LogP contribution in [0.25, 0.3) is 0 Å². The number of carboxylic acid groups (broad SMARTS) is 1. The Balaban J connectivity index is 3.05. The summed E-state index contributed by atoms with van der Waals surface area (Å²) in [6.07, 6.45) is 0.390. The van der Waals surface area contributed by atoms with Crippen LogP contribution in [0.4, 0.5) is 5.69 Å². The second-order valence-corrected chi connectivity index (χ2v) is 3.84. The molecule has 6 heteroatoms. The maximum atomic E-state index is 10.8. The number of nitrogens with zero attached hydrogens (tertiary/aromatic N) is 1. The van der Waals surface area contributed by atoms with Crippen molar-refractivity contribution in [2.24, 2.45) is 11.5 Å². The Bertz CT molecular complexity index is 389. The third-order valence-electron chi connectivity index (χ3n) is 2.52. The van der Waals surface area contributed by atoms with Crippen molar-refractivity contribution in [3.05, 3.63) is 24.3 Å². The van der Waals surface area contributed by atoms with Gasteiger partial charge in [-0.25, -0.2) is 0 Å². The van der Waals surface area contributed by atoms with Crippen molar-refractivity contribution < 1.29 is 15.0 Å². The summed E-state index contributed by atoms with van der Waals surface area (Å²) in [5, 5.41) is 18.0. The predicted octanol–water partition coefficient (Wildman–Crippen LogP) is 0.264. The fraction of sp³-hybridized carbons (Fsp3) is 0.364. The molecule has 0 unspecified atom stereocenters. The van der Waals surface area contributed by atoms with Crippen molar-refractivity contribution in [2.45, 2.75) is 19.1 Å². The zero-order valence-electron chi connectivity index (χ0n) is 9.63. The van der Waals surface area contributed by atoms with Crippen LogP contribution in [-0.4, -0.2) is 28.5 Å². The lowest BCUT2D eigenvalue weighted by atomic mass is 10.2. The highest BCUT2D eigenvalue weighted by Crippen LogP contribution is 2.22. The summed E-state index contributed by atoms with van der Waals surface area (Å²) in [6, 6.07) is 6.05. The number of phenols is 1. The van der Waals surface area contributed by atoms with E-state index in [1.54, 1.807) is 19.1 Å². The summed E-state index contributed by atoms with van der Waals surface area (Å²) in [4.78, 5) is 12.2. The van der Waals surface area contributed by atoms with E-state index in [4.69, 9.17) is 16.6 Å². The highest BCUT2D eigenvalue weighted by atomic mass is 16.4. The standard InChI is InChI=1S/C11H17N3O3/c1-2-11(12,13)14(7-10(16)17)8-3-5-9(15)6-4-8/h3-6,15H,2,7,12-13H2,1H3,(H,16,17). The molecule has 0 aromatic heterocycles. The van der Waals surface area contributed by atoms with Gasteiger partial charge in [-0.05, 0) is 30.7 Å². The number of aromatic hydroxyl groups is 1. The van der Waals surface area contributed by atoms with E-state index in [0.717, 1.165) is 0 Å².